The monoisotopic (exact) mass is 213 g/mol. The van der Waals surface area contributed by atoms with Crippen LogP contribution in [0.4, 0.5) is 0 Å². The van der Waals surface area contributed by atoms with Gasteiger partial charge in [0.15, 0.2) is 0 Å². The summed E-state index contributed by atoms with van der Waals surface area (Å²) in [6.07, 6.45) is 0. The molecule has 1 aliphatic rings. The summed E-state index contributed by atoms with van der Waals surface area (Å²) in [6.45, 7) is 13.5. The summed E-state index contributed by atoms with van der Waals surface area (Å²) in [7, 11) is 0. The smallest absolute Gasteiger partial charge is 0.0215 e. The van der Waals surface area contributed by atoms with Crippen molar-refractivity contribution in [2.75, 3.05) is 26.2 Å². The topological polar surface area (TPSA) is 36.1 Å². The third-order valence-electron chi connectivity index (χ3n) is 3.28. The van der Waals surface area contributed by atoms with Gasteiger partial charge in [0, 0.05) is 38.3 Å². The summed E-state index contributed by atoms with van der Waals surface area (Å²) in [5, 5.41) is 10.8. The quantitative estimate of drug-likeness (QED) is 0.635. The van der Waals surface area contributed by atoms with Crippen molar-refractivity contribution in [2.24, 2.45) is 11.8 Å². The van der Waals surface area contributed by atoms with E-state index in [-0.39, 0.29) is 0 Å². The van der Waals surface area contributed by atoms with Crippen molar-refractivity contribution >= 4 is 0 Å². The molecular weight excluding hydrogens is 186 g/mol. The molecule has 3 N–H and O–H groups in total. The Bertz CT molecular complexity index is 150. The number of nitrogens with one attached hydrogen (secondary N) is 3. The highest BCUT2D eigenvalue weighted by atomic mass is 15.1. The fourth-order valence-corrected chi connectivity index (χ4v) is 2.00. The third kappa shape index (κ3) is 4.49. The Kier molecular flexibility index (Phi) is 5.58. The van der Waals surface area contributed by atoms with Crippen LogP contribution in [0.5, 0.6) is 0 Å². The molecule has 0 aromatic heterocycles. The number of rotatable bonds is 2. The lowest BCUT2D eigenvalue weighted by Gasteiger charge is -2.23. The second-order valence-electron chi connectivity index (χ2n) is 5.27. The second-order valence-corrected chi connectivity index (χ2v) is 5.27. The van der Waals surface area contributed by atoms with Crippen LogP contribution in [0, 0.1) is 11.8 Å². The van der Waals surface area contributed by atoms with Gasteiger partial charge >= 0.3 is 0 Å². The molecule has 0 aromatic carbocycles. The molecule has 0 spiro atoms. The van der Waals surface area contributed by atoms with E-state index in [0.29, 0.717) is 23.9 Å². The Morgan fingerprint density at radius 3 is 1.53 bits per heavy atom. The van der Waals surface area contributed by atoms with Gasteiger partial charge in [-0.05, 0) is 11.8 Å². The van der Waals surface area contributed by atoms with Crippen LogP contribution >= 0.6 is 0 Å². The van der Waals surface area contributed by atoms with Gasteiger partial charge in [0.05, 0.1) is 0 Å². The van der Waals surface area contributed by atoms with Gasteiger partial charge in [0.2, 0.25) is 0 Å². The number of hydrogen-bond acceptors (Lipinski definition) is 3. The number of hydrogen-bond donors (Lipinski definition) is 3. The van der Waals surface area contributed by atoms with Crippen LogP contribution in [0.2, 0.25) is 0 Å². The SMILES string of the molecule is CC(C)[C@H]1CNC[C@H](C(C)C)NCCN1. The van der Waals surface area contributed by atoms with Crippen LogP contribution < -0.4 is 16.0 Å². The molecule has 1 fully saturated rings. The summed E-state index contributed by atoms with van der Waals surface area (Å²) in [4.78, 5) is 0. The highest BCUT2D eigenvalue weighted by Gasteiger charge is 2.17. The van der Waals surface area contributed by atoms with E-state index in [2.05, 4.69) is 43.6 Å². The first-order valence-corrected chi connectivity index (χ1v) is 6.28. The molecule has 1 rings (SSSR count). The lowest BCUT2D eigenvalue weighted by Crippen LogP contribution is -2.44. The molecule has 0 amide bonds. The molecule has 3 nitrogen and oxygen atoms in total. The molecule has 3 heteroatoms. The largest absolute Gasteiger partial charge is 0.314 e. The van der Waals surface area contributed by atoms with Gasteiger partial charge in [-0.1, -0.05) is 27.7 Å². The minimum Gasteiger partial charge on any atom is -0.314 e. The van der Waals surface area contributed by atoms with E-state index < -0.39 is 0 Å². The molecule has 1 saturated heterocycles. The minimum absolute atomic E-state index is 0.609. The van der Waals surface area contributed by atoms with Crippen molar-refractivity contribution in [3.63, 3.8) is 0 Å². The first-order valence-electron chi connectivity index (χ1n) is 6.28. The van der Waals surface area contributed by atoms with Gasteiger partial charge < -0.3 is 16.0 Å². The van der Waals surface area contributed by atoms with E-state index in [1.165, 1.54) is 0 Å². The van der Waals surface area contributed by atoms with Gasteiger partial charge in [-0.25, -0.2) is 0 Å². The zero-order chi connectivity index (χ0) is 11.3. The van der Waals surface area contributed by atoms with Crippen molar-refractivity contribution in [2.45, 2.75) is 39.8 Å². The van der Waals surface area contributed by atoms with Crippen LogP contribution in [0.15, 0.2) is 0 Å². The Morgan fingerprint density at radius 2 is 1.20 bits per heavy atom. The molecule has 0 saturated carbocycles. The predicted octanol–water partition coefficient (Wildman–Crippen LogP) is 0.818. The van der Waals surface area contributed by atoms with Crippen molar-refractivity contribution in [1.82, 2.24) is 16.0 Å². The summed E-state index contributed by atoms with van der Waals surface area (Å²) >= 11 is 0. The van der Waals surface area contributed by atoms with Crippen LogP contribution in [-0.4, -0.2) is 38.3 Å². The van der Waals surface area contributed by atoms with Gasteiger partial charge in [-0.15, -0.1) is 0 Å². The van der Waals surface area contributed by atoms with Crippen LogP contribution in [0.25, 0.3) is 0 Å². The molecule has 1 aliphatic heterocycles. The predicted molar refractivity (Wildman–Crippen MR) is 66.1 cm³/mol. The normalized spacial score (nSPS) is 30.0. The van der Waals surface area contributed by atoms with Crippen molar-refractivity contribution in [1.29, 1.82) is 0 Å². The third-order valence-corrected chi connectivity index (χ3v) is 3.28. The zero-order valence-corrected chi connectivity index (χ0v) is 10.6. The molecule has 2 atom stereocenters. The Labute approximate surface area is 94.4 Å². The van der Waals surface area contributed by atoms with E-state index in [4.69, 9.17) is 0 Å². The van der Waals surface area contributed by atoms with E-state index in [0.717, 1.165) is 26.2 Å². The van der Waals surface area contributed by atoms with E-state index >= 15 is 0 Å². The molecule has 0 unspecified atom stereocenters. The molecule has 0 aliphatic carbocycles. The fourth-order valence-electron chi connectivity index (χ4n) is 2.00. The summed E-state index contributed by atoms with van der Waals surface area (Å²) in [6, 6.07) is 1.22. The van der Waals surface area contributed by atoms with Crippen LogP contribution in [0.3, 0.4) is 0 Å². The Balaban J connectivity index is 2.41. The molecule has 0 bridgehead atoms. The van der Waals surface area contributed by atoms with E-state index in [1.807, 2.05) is 0 Å². The van der Waals surface area contributed by atoms with Crippen LogP contribution in [0.1, 0.15) is 27.7 Å². The van der Waals surface area contributed by atoms with Crippen molar-refractivity contribution in [3.8, 4) is 0 Å². The van der Waals surface area contributed by atoms with Crippen molar-refractivity contribution in [3.05, 3.63) is 0 Å². The summed E-state index contributed by atoms with van der Waals surface area (Å²) in [5.74, 6) is 1.40. The molecule has 0 aromatic rings. The lowest BCUT2D eigenvalue weighted by atomic mass is 10.0. The van der Waals surface area contributed by atoms with E-state index in [9.17, 15) is 0 Å². The second kappa shape index (κ2) is 6.46. The molecule has 1 heterocycles. The van der Waals surface area contributed by atoms with Gasteiger partial charge in [0.25, 0.3) is 0 Å². The van der Waals surface area contributed by atoms with Gasteiger partial charge in [-0.2, -0.15) is 0 Å². The average Bonchev–Trinajstić information content (AvgIpc) is 2.27. The summed E-state index contributed by atoms with van der Waals surface area (Å²) < 4.78 is 0. The Hall–Kier alpha value is -0.120. The highest BCUT2D eigenvalue weighted by Crippen LogP contribution is 2.03. The van der Waals surface area contributed by atoms with E-state index in [1.54, 1.807) is 0 Å². The van der Waals surface area contributed by atoms with Crippen LogP contribution in [-0.2, 0) is 0 Å². The fraction of sp³-hybridized carbons (Fsp3) is 1.00. The summed E-state index contributed by atoms with van der Waals surface area (Å²) in [5.41, 5.74) is 0. The molecule has 0 radical (unpaired) electrons. The Morgan fingerprint density at radius 1 is 0.800 bits per heavy atom. The zero-order valence-electron chi connectivity index (χ0n) is 10.6. The molecule has 15 heavy (non-hydrogen) atoms. The first-order chi connectivity index (χ1) is 7.11. The average molecular weight is 213 g/mol. The lowest BCUT2D eigenvalue weighted by molar-refractivity contribution is 0.378. The maximum atomic E-state index is 3.60. The highest BCUT2D eigenvalue weighted by molar-refractivity contribution is 4.80. The van der Waals surface area contributed by atoms with Gasteiger partial charge in [-0.3, -0.25) is 0 Å². The minimum atomic E-state index is 0.609. The standard InChI is InChI=1S/C12H27N3/c1-9(2)11-7-13-8-12(10(3)4)15-6-5-14-11/h9-15H,5-8H2,1-4H3/t11-,12-/m1/s1. The van der Waals surface area contributed by atoms with Crippen molar-refractivity contribution < 1.29 is 0 Å². The first kappa shape index (κ1) is 12.9. The van der Waals surface area contributed by atoms with Gasteiger partial charge in [0.1, 0.15) is 0 Å². The molecule has 90 valence electrons. The molecular formula is C12H27N3. The maximum Gasteiger partial charge on any atom is 0.0215 e. The maximum absolute atomic E-state index is 3.60.